The van der Waals surface area contributed by atoms with Gasteiger partial charge in [0.05, 0.1) is 0 Å². The molecule has 4 nitrogen and oxygen atoms in total. The van der Waals surface area contributed by atoms with Gasteiger partial charge in [0.1, 0.15) is 16.9 Å². The number of nitrogens with one attached hydrogen (secondary N) is 1. The molecule has 1 aliphatic heterocycles. The van der Waals surface area contributed by atoms with Crippen molar-refractivity contribution in [1.82, 2.24) is 15.3 Å². The van der Waals surface area contributed by atoms with E-state index in [1.54, 1.807) is 18.5 Å². The first-order chi connectivity index (χ1) is 12.1. The van der Waals surface area contributed by atoms with Crippen LogP contribution in [0.5, 0.6) is 0 Å². The Labute approximate surface area is 156 Å². The highest BCUT2D eigenvalue weighted by Crippen LogP contribution is 2.41. The second-order valence-electron chi connectivity index (χ2n) is 5.38. The molecule has 0 radical (unpaired) electrons. The van der Waals surface area contributed by atoms with Gasteiger partial charge in [-0.1, -0.05) is 17.7 Å². The summed E-state index contributed by atoms with van der Waals surface area (Å²) in [6, 6.07) is 4.01. The van der Waals surface area contributed by atoms with E-state index in [-0.39, 0.29) is 11.9 Å². The molecule has 4 rings (SSSR count). The number of allylic oxidation sites excluding steroid dienone is 1. The lowest BCUT2D eigenvalue weighted by Gasteiger charge is -2.26. The van der Waals surface area contributed by atoms with Gasteiger partial charge in [-0.05, 0) is 19.1 Å². The minimum atomic E-state index is -0.376. The number of thiazole rings is 2. The molecule has 2 aromatic heterocycles. The van der Waals surface area contributed by atoms with Crippen LogP contribution in [-0.2, 0) is 0 Å². The quantitative estimate of drug-likeness (QED) is 0.690. The van der Waals surface area contributed by atoms with Crippen molar-refractivity contribution in [2.75, 3.05) is 0 Å². The molecule has 0 bridgehead atoms. The summed E-state index contributed by atoms with van der Waals surface area (Å²) in [5.41, 5.74) is 2.60. The Bertz CT molecular complexity index is 965. The van der Waals surface area contributed by atoms with Crippen LogP contribution in [0.4, 0.5) is 4.39 Å². The molecule has 3 aromatic rings. The average Bonchev–Trinajstić information content (AvgIpc) is 3.28. The zero-order chi connectivity index (χ0) is 17.4. The smallest absolute Gasteiger partial charge is 0.163 e. The molecule has 0 spiro atoms. The van der Waals surface area contributed by atoms with E-state index in [0.717, 1.165) is 26.8 Å². The molecular formula is C17H12ClFN4S2. The van der Waals surface area contributed by atoms with Crippen molar-refractivity contribution in [3.8, 4) is 0 Å². The molecular weight excluding hydrogens is 379 g/mol. The molecule has 0 amide bonds. The van der Waals surface area contributed by atoms with Gasteiger partial charge in [-0.3, -0.25) is 4.99 Å². The van der Waals surface area contributed by atoms with Crippen LogP contribution < -0.4 is 5.32 Å². The van der Waals surface area contributed by atoms with Gasteiger partial charge in [0.15, 0.2) is 10.8 Å². The number of halogens is 2. The van der Waals surface area contributed by atoms with E-state index in [9.17, 15) is 4.39 Å². The summed E-state index contributed by atoms with van der Waals surface area (Å²) in [6.07, 6.45) is 3.49. The maximum Gasteiger partial charge on any atom is 0.163 e. The number of hydrogen-bond acceptors (Lipinski definition) is 6. The first kappa shape index (κ1) is 16.4. The Kier molecular flexibility index (Phi) is 4.37. The number of hydrogen-bond donors (Lipinski definition) is 1. The van der Waals surface area contributed by atoms with Crippen molar-refractivity contribution >= 4 is 45.7 Å². The van der Waals surface area contributed by atoms with Crippen molar-refractivity contribution in [2.45, 2.75) is 13.0 Å². The Morgan fingerprint density at radius 1 is 1.12 bits per heavy atom. The first-order valence-electron chi connectivity index (χ1n) is 7.44. The zero-order valence-electron chi connectivity index (χ0n) is 13.0. The first-order valence-corrected chi connectivity index (χ1v) is 9.57. The highest BCUT2D eigenvalue weighted by molar-refractivity contribution is 7.11. The summed E-state index contributed by atoms with van der Waals surface area (Å²) in [5, 5.41) is 9.12. The van der Waals surface area contributed by atoms with E-state index < -0.39 is 0 Å². The molecule has 1 aromatic carbocycles. The predicted octanol–water partition coefficient (Wildman–Crippen LogP) is 4.91. The fraction of sp³-hybridized carbons (Fsp3) is 0.118. The molecule has 1 N–H and O–H groups in total. The Morgan fingerprint density at radius 2 is 1.84 bits per heavy atom. The fourth-order valence-corrected chi connectivity index (χ4v) is 4.33. The van der Waals surface area contributed by atoms with Crippen molar-refractivity contribution in [3.05, 3.63) is 73.5 Å². The van der Waals surface area contributed by atoms with Gasteiger partial charge in [0, 0.05) is 45.0 Å². The highest BCUT2D eigenvalue weighted by atomic mass is 35.5. The summed E-state index contributed by atoms with van der Waals surface area (Å²) in [6.45, 7) is 1.98. The summed E-state index contributed by atoms with van der Waals surface area (Å²) in [5.74, 6) is 0.307. The second-order valence-corrected chi connectivity index (χ2v) is 7.58. The molecule has 0 saturated heterocycles. The lowest BCUT2D eigenvalue weighted by atomic mass is 9.96. The van der Waals surface area contributed by atoms with E-state index in [4.69, 9.17) is 16.6 Å². The monoisotopic (exact) mass is 390 g/mol. The predicted molar refractivity (Wildman–Crippen MR) is 101 cm³/mol. The van der Waals surface area contributed by atoms with Gasteiger partial charge in [-0.2, -0.15) is 0 Å². The van der Waals surface area contributed by atoms with Gasteiger partial charge >= 0.3 is 0 Å². The summed E-state index contributed by atoms with van der Waals surface area (Å²) in [7, 11) is 0. The van der Waals surface area contributed by atoms with Crippen LogP contribution in [0.3, 0.4) is 0 Å². The van der Waals surface area contributed by atoms with Gasteiger partial charge in [0.2, 0.25) is 0 Å². The standard InChI is InChI=1S/C17H12ClFN4S2/c1-9-13(16-20-4-6-24-16)14(11-3-2-10(19)8-12(11)18)23-15(22-9)17-21-5-7-25-17/h2-8,14H,1H3,(H,22,23). The molecule has 1 aliphatic rings. The van der Waals surface area contributed by atoms with Crippen LogP contribution in [0.25, 0.3) is 5.57 Å². The average molecular weight is 391 g/mol. The molecule has 0 fully saturated rings. The highest BCUT2D eigenvalue weighted by Gasteiger charge is 2.29. The normalized spacial score (nSPS) is 17.4. The van der Waals surface area contributed by atoms with E-state index in [0.29, 0.717) is 10.9 Å². The number of aliphatic imine (C=N–C) groups is 1. The number of aromatic nitrogens is 2. The van der Waals surface area contributed by atoms with Crippen LogP contribution >= 0.6 is 34.3 Å². The van der Waals surface area contributed by atoms with Crippen molar-refractivity contribution in [2.24, 2.45) is 4.99 Å². The van der Waals surface area contributed by atoms with E-state index in [1.807, 2.05) is 17.7 Å². The van der Waals surface area contributed by atoms with E-state index >= 15 is 0 Å². The van der Waals surface area contributed by atoms with Crippen molar-refractivity contribution < 1.29 is 4.39 Å². The molecule has 126 valence electrons. The fourth-order valence-electron chi connectivity index (χ4n) is 2.71. The van der Waals surface area contributed by atoms with E-state index in [1.165, 1.54) is 34.8 Å². The largest absolute Gasteiger partial charge is 0.341 e. The van der Waals surface area contributed by atoms with Crippen LogP contribution in [0, 0.1) is 5.82 Å². The van der Waals surface area contributed by atoms with Crippen LogP contribution in [0.15, 0.2) is 52.0 Å². The third kappa shape index (κ3) is 3.10. The summed E-state index contributed by atoms with van der Waals surface area (Å²) < 4.78 is 13.5. The summed E-state index contributed by atoms with van der Waals surface area (Å²) in [4.78, 5) is 13.6. The van der Waals surface area contributed by atoms with E-state index in [2.05, 4.69) is 15.3 Å². The molecule has 1 unspecified atom stereocenters. The zero-order valence-corrected chi connectivity index (χ0v) is 15.4. The van der Waals surface area contributed by atoms with Crippen molar-refractivity contribution in [1.29, 1.82) is 0 Å². The molecule has 3 heterocycles. The molecule has 8 heteroatoms. The number of rotatable bonds is 3. The molecule has 1 atom stereocenters. The topological polar surface area (TPSA) is 50.2 Å². The molecule has 0 aliphatic carbocycles. The Morgan fingerprint density at radius 3 is 2.48 bits per heavy atom. The lowest BCUT2D eigenvalue weighted by Crippen LogP contribution is -2.29. The lowest BCUT2D eigenvalue weighted by molar-refractivity contribution is 0.626. The van der Waals surface area contributed by atoms with Gasteiger partial charge in [-0.15, -0.1) is 22.7 Å². The number of benzene rings is 1. The van der Waals surface area contributed by atoms with Crippen LogP contribution in [0.1, 0.15) is 28.5 Å². The number of amidine groups is 1. The van der Waals surface area contributed by atoms with Crippen LogP contribution in [-0.4, -0.2) is 15.8 Å². The van der Waals surface area contributed by atoms with Crippen molar-refractivity contribution in [3.63, 3.8) is 0 Å². The minimum Gasteiger partial charge on any atom is -0.341 e. The minimum absolute atomic E-state index is 0.344. The third-order valence-electron chi connectivity index (χ3n) is 3.80. The van der Waals surface area contributed by atoms with Gasteiger partial charge < -0.3 is 5.32 Å². The number of nitrogens with zero attached hydrogens (tertiary/aromatic N) is 3. The SMILES string of the molecule is CC1=C(c2nccs2)C(c2ccc(F)cc2Cl)N=C(c2nccs2)N1. The second kappa shape index (κ2) is 6.67. The molecule has 25 heavy (non-hydrogen) atoms. The summed E-state index contributed by atoms with van der Waals surface area (Å²) >= 11 is 9.36. The molecule has 0 saturated carbocycles. The van der Waals surface area contributed by atoms with Crippen LogP contribution in [0.2, 0.25) is 5.02 Å². The maximum atomic E-state index is 13.5. The maximum absolute atomic E-state index is 13.5. The van der Waals surface area contributed by atoms with Gasteiger partial charge in [0.25, 0.3) is 0 Å². The van der Waals surface area contributed by atoms with Gasteiger partial charge in [-0.25, -0.2) is 14.4 Å². The Hall–Kier alpha value is -2.09. The Balaban J connectivity index is 1.88. The third-order valence-corrected chi connectivity index (χ3v) is 5.71.